The maximum Gasteiger partial charge on any atom is 0.231 e. The van der Waals surface area contributed by atoms with Crippen LogP contribution in [0.1, 0.15) is 6.92 Å². The first-order valence-electron chi connectivity index (χ1n) is 9.13. The van der Waals surface area contributed by atoms with E-state index in [9.17, 15) is 0 Å². The summed E-state index contributed by atoms with van der Waals surface area (Å²) in [7, 11) is 1.60. The van der Waals surface area contributed by atoms with Gasteiger partial charge in [0.25, 0.3) is 0 Å². The molecule has 3 aromatic heterocycles. The van der Waals surface area contributed by atoms with Crippen LogP contribution in [-0.2, 0) is 0 Å². The van der Waals surface area contributed by atoms with Gasteiger partial charge >= 0.3 is 0 Å². The van der Waals surface area contributed by atoms with E-state index < -0.39 is 0 Å². The monoisotopic (exact) mass is 363 g/mol. The Bertz CT molecular complexity index is 1120. The van der Waals surface area contributed by atoms with Gasteiger partial charge in [0.05, 0.1) is 13.3 Å². The standard InChI is InChI=1S/C20H21N5O2/c1-13-12-24(9-8-21-13)15-4-3-5-17-14(15)10-18(27-17)16-11-22-19-6-7-20(26-2)23-25(16)19/h3-7,10-11,13,21H,8-9,12H2,1-2H3. The Hall–Kier alpha value is -3.06. The number of methoxy groups -OCH3 is 1. The first kappa shape index (κ1) is 16.1. The fourth-order valence-electron chi connectivity index (χ4n) is 3.73. The summed E-state index contributed by atoms with van der Waals surface area (Å²) in [4.78, 5) is 6.84. The summed E-state index contributed by atoms with van der Waals surface area (Å²) in [5.41, 5.74) is 3.63. The van der Waals surface area contributed by atoms with E-state index in [4.69, 9.17) is 9.15 Å². The Kier molecular flexibility index (Phi) is 3.75. The number of aromatic nitrogens is 3. The van der Waals surface area contributed by atoms with Crippen molar-refractivity contribution in [1.82, 2.24) is 19.9 Å². The lowest BCUT2D eigenvalue weighted by Crippen LogP contribution is -2.49. The number of fused-ring (bicyclic) bond motifs is 2. The Balaban J connectivity index is 1.62. The molecule has 1 aromatic carbocycles. The summed E-state index contributed by atoms with van der Waals surface area (Å²) in [6.45, 7) is 5.16. The van der Waals surface area contributed by atoms with Crippen LogP contribution < -0.4 is 15.0 Å². The van der Waals surface area contributed by atoms with E-state index in [1.165, 1.54) is 5.69 Å². The molecule has 1 saturated heterocycles. The summed E-state index contributed by atoms with van der Waals surface area (Å²) < 4.78 is 13.2. The second-order valence-electron chi connectivity index (χ2n) is 6.89. The highest BCUT2D eigenvalue weighted by Crippen LogP contribution is 2.34. The molecule has 27 heavy (non-hydrogen) atoms. The largest absolute Gasteiger partial charge is 0.480 e. The van der Waals surface area contributed by atoms with Crippen molar-refractivity contribution >= 4 is 22.3 Å². The average Bonchev–Trinajstić information content (AvgIpc) is 3.30. The number of furan rings is 1. The van der Waals surface area contributed by atoms with E-state index in [0.29, 0.717) is 11.9 Å². The van der Waals surface area contributed by atoms with Gasteiger partial charge in [-0.15, -0.1) is 5.10 Å². The zero-order valence-electron chi connectivity index (χ0n) is 15.3. The van der Waals surface area contributed by atoms with E-state index >= 15 is 0 Å². The number of hydrogen-bond donors (Lipinski definition) is 1. The van der Waals surface area contributed by atoms with Gasteiger partial charge in [-0.3, -0.25) is 0 Å². The van der Waals surface area contributed by atoms with Crippen LogP contribution in [0.15, 0.2) is 47.0 Å². The third kappa shape index (κ3) is 2.71. The van der Waals surface area contributed by atoms with E-state index in [0.717, 1.165) is 47.7 Å². The highest BCUT2D eigenvalue weighted by molar-refractivity contribution is 5.94. The van der Waals surface area contributed by atoms with E-state index in [2.05, 4.69) is 39.4 Å². The average molecular weight is 363 g/mol. The minimum atomic E-state index is 0.468. The first-order chi connectivity index (χ1) is 13.2. The molecule has 1 aliphatic heterocycles. The molecule has 5 rings (SSSR count). The Labute approximate surface area is 156 Å². The number of nitrogens with zero attached hydrogens (tertiary/aromatic N) is 4. The van der Waals surface area contributed by atoms with Crippen molar-refractivity contribution in [1.29, 1.82) is 0 Å². The van der Waals surface area contributed by atoms with Crippen LogP contribution in [0.5, 0.6) is 5.88 Å². The molecule has 1 aliphatic rings. The van der Waals surface area contributed by atoms with E-state index in [-0.39, 0.29) is 0 Å². The number of piperazine rings is 1. The van der Waals surface area contributed by atoms with Gasteiger partial charge in [0.2, 0.25) is 5.88 Å². The van der Waals surface area contributed by atoms with Gasteiger partial charge in [-0.2, -0.15) is 0 Å². The SMILES string of the molecule is COc1ccc2ncc(-c3cc4c(N5CCNC(C)C5)cccc4o3)n2n1. The van der Waals surface area contributed by atoms with Gasteiger partial charge in [0, 0.05) is 42.8 Å². The molecule has 0 bridgehead atoms. The van der Waals surface area contributed by atoms with Crippen LogP contribution in [-0.4, -0.2) is 47.4 Å². The highest BCUT2D eigenvalue weighted by atomic mass is 16.5. The fourth-order valence-corrected chi connectivity index (χ4v) is 3.73. The molecule has 7 heteroatoms. The van der Waals surface area contributed by atoms with Gasteiger partial charge in [-0.1, -0.05) is 6.07 Å². The molecule has 138 valence electrons. The zero-order valence-corrected chi connectivity index (χ0v) is 15.3. The Morgan fingerprint density at radius 1 is 1.26 bits per heavy atom. The summed E-state index contributed by atoms with van der Waals surface area (Å²) in [5.74, 6) is 1.28. The topological polar surface area (TPSA) is 67.8 Å². The molecule has 4 heterocycles. The number of benzene rings is 1. The maximum absolute atomic E-state index is 6.17. The van der Waals surface area contributed by atoms with E-state index in [1.54, 1.807) is 23.9 Å². The van der Waals surface area contributed by atoms with Crippen LogP contribution >= 0.6 is 0 Å². The molecule has 4 aromatic rings. The summed E-state index contributed by atoms with van der Waals surface area (Å²) in [6, 6.07) is 12.5. The molecule has 0 radical (unpaired) electrons. The zero-order chi connectivity index (χ0) is 18.4. The molecule has 0 amide bonds. The number of rotatable bonds is 3. The highest BCUT2D eigenvalue weighted by Gasteiger charge is 2.20. The van der Waals surface area contributed by atoms with Gasteiger partial charge in [0.1, 0.15) is 11.3 Å². The Morgan fingerprint density at radius 2 is 2.19 bits per heavy atom. The van der Waals surface area contributed by atoms with Crippen molar-refractivity contribution in [2.75, 3.05) is 31.6 Å². The molecule has 0 aliphatic carbocycles. The minimum Gasteiger partial charge on any atom is -0.480 e. The molecule has 1 unspecified atom stereocenters. The number of imidazole rings is 1. The van der Waals surface area contributed by atoms with Crippen LogP contribution in [0.4, 0.5) is 5.69 Å². The number of nitrogens with one attached hydrogen (secondary N) is 1. The maximum atomic E-state index is 6.17. The quantitative estimate of drug-likeness (QED) is 0.604. The molecule has 1 fully saturated rings. The van der Waals surface area contributed by atoms with Gasteiger partial charge in [-0.25, -0.2) is 9.50 Å². The number of hydrogen-bond acceptors (Lipinski definition) is 6. The number of ether oxygens (including phenoxy) is 1. The molecule has 7 nitrogen and oxygen atoms in total. The Morgan fingerprint density at radius 3 is 3.04 bits per heavy atom. The minimum absolute atomic E-state index is 0.468. The molecule has 0 spiro atoms. The lowest BCUT2D eigenvalue weighted by Gasteiger charge is -2.33. The van der Waals surface area contributed by atoms with Gasteiger partial charge in [-0.05, 0) is 31.2 Å². The van der Waals surface area contributed by atoms with Gasteiger partial charge in [0.15, 0.2) is 11.4 Å². The van der Waals surface area contributed by atoms with Crippen molar-refractivity contribution in [2.45, 2.75) is 13.0 Å². The number of anilines is 1. The van der Waals surface area contributed by atoms with Crippen LogP contribution in [0.2, 0.25) is 0 Å². The van der Waals surface area contributed by atoms with Crippen molar-refractivity contribution in [3.63, 3.8) is 0 Å². The lowest BCUT2D eigenvalue weighted by atomic mass is 10.1. The van der Waals surface area contributed by atoms with Crippen molar-refractivity contribution in [3.05, 3.63) is 42.6 Å². The fraction of sp³-hybridized carbons (Fsp3) is 0.300. The van der Waals surface area contributed by atoms with Crippen molar-refractivity contribution in [3.8, 4) is 17.3 Å². The van der Waals surface area contributed by atoms with Crippen molar-refractivity contribution in [2.24, 2.45) is 0 Å². The molecule has 0 saturated carbocycles. The lowest BCUT2D eigenvalue weighted by molar-refractivity contribution is 0.390. The van der Waals surface area contributed by atoms with Crippen LogP contribution in [0, 0.1) is 0 Å². The van der Waals surface area contributed by atoms with Gasteiger partial charge < -0.3 is 19.4 Å². The second kappa shape index (κ2) is 6.28. The normalized spacial score (nSPS) is 17.7. The second-order valence-corrected chi connectivity index (χ2v) is 6.89. The third-order valence-electron chi connectivity index (χ3n) is 5.05. The van der Waals surface area contributed by atoms with E-state index in [1.807, 2.05) is 18.2 Å². The molecular weight excluding hydrogens is 342 g/mol. The van der Waals surface area contributed by atoms with Crippen LogP contribution in [0.25, 0.3) is 28.1 Å². The predicted octanol–water partition coefficient (Wildman–Crippen LogP) is 2.95. The predicted molar refractivity (Wildman–Crippen MR) is 104 cm³/mol. The summed E-state index contributed by atoms with van der Waals surface area (Å²) >= 11 is 0. The smallest absolute Gasteiger partial charge is 0.231 e. The summed E-state index contributed by atoms with van der Waals surface area (Å²) in [5, 5.41) is 9.08. The molecule has 1 N–H and O–H groups in total. The molecule has 1 atom stereocenters. The first-order valence-corrected chi connectivity index (χ1v) is 9.13. The summed E-state index contributed by atoms with van der Waals surface area (Å²) in [6.07, 6.45) is 1.78. The van der Waals surface area contributed by atoms with Crippen molar-refractivity contribution < 1.29 is 9.15 Å². The third-order valence-corrected chi connectivity index (χ3v) is 5.05. The van der Waals surface area contributed by atoms with Crippen LogP contribution in [0.3, 0.4) is 0 Å². The molecular formula is C20H21N5O2.